The number of amides is 1. The monoisotopic (exact) mass is 415 g/mol. The summed E-state index contributed by atoms with van der Waals surface area (Å²) in [6, 6.07) is 15.7. The lowest BCUT2D eigenvalue weighted by atomic mass is 10.1. The Bertz CT molecular complexity index is 763. The Morgan fingerprint density at radius 1 is 1.03 bits per heavy atom. The third-order valence-electron chi connectivity index (χ3n) is 4.34. The van der Waals surface area contributed by atoms with Crippen molar-refractivity contribution in [3.8, 4) is 11.5 Å². The number of carbonyl (C=O) groups is 1. The van der Waals surface area contributed by atoms with Crippen molar-refractivity contribution in [1.29, 1.82) is 0 Å². The van der Waals surface area contributed by atoms with Gasteiger partial charge >= 0.3 is 0 Å². The van der Waals surface area contributed by atoms with Gasteiger partial charge < -0.3 is 24.3 Å². The summed E-state index contributed by atoms with van der Waals surface area (Å²) in [5, 5.41) is 2.93. The van der Waals surface area contributed by atoms with E-state index in [4.69, 9.17) is 18.9 Å². The smallest absolute Gasteiger partial charge is 0.251 e. The van der Waals surface area contributed by atoms with E-state index < -0.39 is 6.10 Å². The molecule has 30 heavy (non-hydrogen) atoms. The molecule has 0 spiro atoms. The molecule has 0 radical (unpaired) electrons. The van der Waals surface area contributed by atoms with Crippen molar-refractivity contribution in [2.45, 2.75) is 46.0 Å². The summed E-state index contributed by atoms with van der Waals surface area (Å²) in [5.74, 6) is 1.23. The second kappa shape index (κ2) is 12.9. The molecule has 2 rings (SSSR count). The summed E-state index contributed by atoms with van der Waals surface area (Å²) in [7, 11) is 1.62. The average molecular weight is 416 g/mol. The summed E-state index contributed by atoms with van der Waals surface area (Å²) < 4.78 is 22.4. The van der Waals surface area contributed by atoms with Gasteiger partial charge in [0, 0.05) is 13.2 Å². The van der Waals surface area contributed by atoms with Gasteiger partial charge in [-0.25, -0.2) is 0 Å². The zero-order valence-corrected chi connectivity index (χ0v) is 18.4. The molecular formula is C24H33NO5. The number of carbonyl (C=O) groups excluding carboxylic acids is 1. The largest absolute Gasteiger partial charge is 0.493 e. The zero-order valence-electron chi connectivity index (χ0n) is 18.4. The predicted molar refractivity (Wildman–Crippen MR) is 117 cm³/mol. The Morgan fingerprint density at radius 3 is 2.47 bits per heavy atom. The lowest BCUT2D eigenvalue weighted by Crippen LogP contribution is -2.40. The molecular weight excluding hydrogens is 382 g/mol. The minimum Gasteiger partial charge on any atom is -0.493 e. The fourth-order valence-electron chi connectivity index (χ4n) is 2.92. The number of nitrogens with one attached hydrogen (secondary N) is 1. The predicted octanol–water partition coefficient (Wildman–Crippen LogP) is 3.76. The fourth-order valence-corrected chi connectivity index (χ4v) is 2.92. The summed E-state index contributed by atoms with van der Waals surface area (Å²) in [6.07, 6.45) is 0.118. The van der Waals surface area contributed by atoms with E-state index >= 15 is 0 Å². The molecule has 0 aliphatic heterocycles. The molecule has 0 heterocycles. The molecule has 2 aromatic rings. The van der Waals surface area contributed by atoms with Crippen LogP contribution in [0.4, 0.5) is 0 Å². The van der Waals surface area contributed by atoms with Crippen molar-refractivity contribution in [3.63, 3.8) is 0 Å². The molecule has 0 aromatic heterocycles. The van der Waals surface area contributed by atoms with Gasteiger partial charge in [0.05, 0.1) is 26.4 Å². The Kier molecular flexibility index (Phi) is 10.2. The molecule has 0 aliphatic rings. The maximum absolute atomic E-state index is 12.5. The molecule has 0 fully saturated rings. The quantitative estimate of drug-likeness (QED) is 0.540. The molecule has 1 N–H and O–H groups in total. The highest BCUT2D eigenvalue weighted by atomic mass is 16.5. The Hall–Kier alpha value is -2.57. The van der Waals surface area contributed by atoms with E-state index in [-0.39, 0.29) is 18.6 Å². The summed E-state index contributed by atoms with van der Waals surface area (Å²) in [4.78, 5) is 12.5. The van der Waals surface area contributed by atoms with Crippen molar-refractivity contribution in [2.24, 2.45) is 0 Å². The normalized spacial score (nSPS) is 11.9. The van der Waals surface area contributed by atoms with Crippen LogP contribution in [0.25, 0.3) is 0 Å². The van der Waals surface area contributed by atoms with E-state index in [1.807, 2.05) is 69.3 Å². The molecule has 1 atom stereocenters. The minimum atomic E-state index is -0.630. The van der Waals surface area contributed by atoms with E-state index in [9.17, 15) is 4.79 Å². The number of methoxy groups -OCH3 is 1. The van der Waals surface area contributed by atoms with E-state index in [1.54, 1.807) is 7.11 Å². The van der Waals surface area contributed by atoms with Gasteiger partial charge in [0.1, 0.15) is 0 Å². The molecule has 6 nitrogen and oxygen atoms in total. The number of hydrogen-bond acceptors (Lipinski definition) is 5. The van der Waals surface area contributed by atoms with Crippen LogP contribution in [0, 0.1) is 0 Å². The third kappa shape index (κ3) is 8.05. The lowest BCUT2D eigenvalue weighted by Gasteiger charge is -2.17. The standard InChI is InChI=1S/C24H33NO5/c1-5-29-23(17-28-16-20-9-7-6-8-10-20)24(26)25-14-13-19-11-12-21(30-18(2)3)22(15-19)27-4/h6-12,15,18,23H,5,13-14,16-17H2,1-4H3,(H,25,26)/t23-/m0/s1. The molecule has 6 heteroatoms. The molecule has 0 bridgehead atoms. The van der Waals surface area contributed by atoms with Gasteiger partial charge in [0.15, 0.2) is 17.6 Å². The van der Waals surface area contributed by atoms with Crippen molar-refractivity contribution < 1.29 is 23.7 Å². The second-order valence-corrected chi connectivity index (χ2v) is 7.14. The SMILES string of the molecule is CCO[C@@H](COCc1ccccc1)C(=O)NCCc1ccc(OC(C)C)c(OC)c1. The number of rotatable bonds is 13. The summed E-state index contributed by atoms with van der Waals surface area (Å²) >= 11 is 0. The summed E-state index contributed by atoms with van der Waals surface area (Å²) in [6.45, 7) is 7.41. The van der Waals surface area contributed by atoms with Gasteiger partial charge in [-0.05, 0) is 50.5 Å². The van der Waals surface area contributed by atoms with Crippen LogP contribution in [0.1, 0.15) is 31.9 Å². The molecule has 0 saturated heterocycles. The maximum atomic E-state index is 12.5. The molecule has 0 saturated carbocycles. The topological polar surface area (TPSA) is 66.0 Å². The molecule has 2 aromatic carbocycles. The third-order valence-corrected chi connectivity index (χ3v) is 4.34. The number of benzene rings is 2. The fraction of sp³-hybridized carbons (Fsp3) is 0.458. The Labute approximate surface area is 179 Å². The maximum Gasteiger partial charge on any atom is 0.251 e. The second-order valence-electron chi connectivity index (χ2n) is 7.14. The zero-order chi connectivity index (χ0) is 21.8. The van der Waals surface area contributed by atoms with Crippen molar-refractivity contribution >= 4 is 5.91 Å². The van der Waals surface area contributed by atoms with Crippen LogP contribution in [0.3, 0.4) is 0 Å². The van der Waals surface area contributed by atoms with Crippen LogP contribution in [0.2, 0.25) is 0 Å². The van der Waals surface area contributed by atoms with Crippen LogP contribution in [-0.2, 0) is 27.3 Å². The number of hydrogen-bond donors (Lipinski definition) is 1. The average Bonchev–Trinajstić information content (AvgIpc) is 2.74. The first-order chi connectivity index (χ1) is 14.5. The van der Waals surface area contributed by atoms with Crippen LogP contribution in [-0.4, -0.2) is 45.0 Å². The van der Waals surface area contributed by atoms with Crippen LogP contribution in [0.15, 0.2) is 48.5 Å². The first-order valence-electron chi connectivity index (χ1n) is 10.4. The molecule has 1 amide bonds. The highest BCUT2D eigenvalue weighted by molar-refractivity contribution is 5.80. The van der Waals surface area contributed by atoms with E-state index in [1.165, 1.54) is 0 Å². The van der Waals surface area contributed by atoms with Crippen molar-refractivity contribution in [3.05, 3.63) is 59.7 Å². The summed E-state index contributed by atoms with van der Waals surface area (Å²) in [5.41, 5.74) is 2.11. The molecule has 164 valence electrons. The first-order valence-corrected chi connectivity index (χ1v) is 10.4. The minimum absolute atomic E-state index is 0.0728. The number of ether oxygens (including phenoxy) is 4. The van der Waals surface area contributed by atoms with Gasteiger partial charge in [0.2, 0.25) is 0 Å². The van der Waals surface area contributed by atoms with E-state index in [2.05, 4.69) is 5.32 Å². The molecule has 0 aliphatic carbocycles. The highest BCUT2D eigenvalue weighted by Gasteiger charge is 2.18. The van der Waals surface area contributed by atoms with Gasteiger partial charge in [-0.15, -0.1) is 0 Å². The van der Waals surface area contributed by atoms with Crippen LogP contribution >= 0.6 is 0 Å². The van der Waals surface area contributed by atoms with Gasteiger partial charge in [0.25, 0.3) is 5.91 Å². The van der Waals surface area contributed by atoms with Crippen LogP contribution in [0.5, 0.6) is 11.5 Å². The molecule has 0 unspecified atom stereocenters. The van der Waals surface area contributed by atoms with Crippen molar-refractivity contribution in [1.82, 2.24) is 5.32 Å². The van der Waals surface area contributed by atoms with Crippen molar-refractivity contribution in [2.75, 3.05) is 26.9 Å². The Morgan fingerprint density at radius 2 is 1.80 bits per heavy atom. The van der Waals surface area contributed by atoms with E-state index in [0.29, 0.717) is 37.7 Å². The van der Waals surface area contributed by atoms with E-state index in [0.717, 1.165) is 11.1 Å². The first kappa shape index (κ1) is 23.7. The highest BCUT2D eigenvalue weighted by Crippen LogP contribution is 2.29. The van der Waals surface area contributed by atoms with Gasteiger partial charge in [-0.2, -0.15) is 0 Å². The van der Waals surface area contributed by atoms with Crippen LogP contribution < -0.4 is 14.8 Å². The van der Waals surface area contributed by atoms with Gasteiger partial charge in [-0.1, -0.05) is 36.4 Å². The lowest BCUT2D eigenvalue weighted by molar-refractivity contribution is -0.137. The Balaban J connectivity index is 1.81. The van der Waals surface area contributed by atoms with Gasteiger partial charge in [-0.3, -0.25) is 4.79 Å².